The van der Waals surface area contributed by atoms with E-state index in [2.05, 4.69) is 10.6 Å². The summed E-state index contributed by atoms with van der Waals surface area (Å²) in [7, 11) is 3.31. The third-order valence-corrected chi connectivity index (χ3v) is 1.91. The number of nitrogens with one attached hydrogen (secondary N) is 2. The van der Waals surface area contributed by atoms with Crippen LogP contribution < -0.4 is 16.4 Å². The number of hydrogen-bond donors (Lipinski definition) is 3. The van der Waals surface area contributed by atoms with Crippen LogP contribution in [0, 0.1) is 5.92 Å². The fourth-order valence-electron chi connectivity index (χ4n) is 0.795. The molecule has 0 aromatic heterocycles. The zero-order chi connectivity index (χ0) is 11.8. The maximum atomic E-state index is 11.2. The van der Waals surface area contributed by atoms with E-state index in [9.17, 15) is 9.59 Å². The van der Waals surface area contributed by atoms with E-state index >= 15 is 0 Å². The van der Waals surface area contributed by atoms with Gasteiger partial charge in [0, 0.05) is 39.6 Å². The molecule has 0 aliphatic carbocycles. The number of amides is 3. The number of hydrogen-bond acceptors (Lipinski definition) is 3. The van der Waals surface area contributed by atoms with Gasteiger partial charge in [0.15, 0.2) is 0 Å². The van der Waals surface area contributed by atoms with Crippen LogP contribution in [0.5, 0.6) is 0 Å². The van der Waals surface area contributed by atoms with Crippen LogP contribution in [0.15, 0.2) is 0 Å². The normalized spacial score (nSPS) is 11.7. The third-order valence-electron chi connectivity index (χ3n) is 1.91. The van der Waals surface area contributed by atoms with E-state index in [0.29, 0.717) is 19.6 Å². The van der Waals surface area contributed by atoms with Crippen molar-refractivity contribution in [1.29, 1.82) is 0 Å². The number of carbonyl (C=O) groups is 2. The Balaban J connectivity index is 3.55. The lowest BCUT2D eigenvalue weighted by Gasteiger charge is -2.13. The summed E-state index contributed by atoms with van der Waals surface area (Å²) >= 11 is 0. The quantitative estimate of drug-likeness (QED) is 0.513. The van der Waals surface area contributed by atoms with Gasteiger partial charge in [0.25, 0.3) is 0 Å². The molecule has 0 rings (SSSR count). The van der Waals surface area contributed by atoms with Gasteiger partial charge in [-0.3, -0.25) is 4.79 Å². The molecular weight excluding hydrogens is 196 g/mol. The summed E-state index contributed by atoms with van der Waals surface area (Å²) < 4.78 is 0. The maximum absolute atomic E-state index is 11.2. The van der Waals surface area contributed by atoms with Gasteiger partial charge in [-0.25, -0.2) is 4.79 Å². The van der Waals surface area contributed by atoms with Crippen molar-refractivity contribution in [2.45, 2.75) is 6.92 Å². The van der Waals surface area contributed by atoms with Gasteiger partial charge >= 0.3 is 6.03 Å². The molecular formula is C9H20N4O2. The summed E-state index contributed by atoms with van der Waals surface area (Å²) in [5.41, 5.74) is 5.33. The molecule has 0 spiro atoms. The second-order valence-corrected chi connectivity index (χ2v) is 3.55. The van der Waals surface area contributed by atoms with Gasteiger partial charge in [-0.05, 0) is 0 Å². The largest absolute Gasteiger partial charge is 0.354 e. The highest BCUT2D eigenvalue weighted by atomic mass is 16.2. The minimum atomic E-state index is -0.186. The Kier molecular flexibility index (Phi) is 6.44. The zero-order valence-corrected chi connectivity index (χ0v) is 9.54. The minimum Gasteiger partial charge on any atom is -0.354 e. The predicted molar refractivity (Wildman–Crippen MR) is 58.3 cm³/mol. The van der Waals surface area contributed by atoms with Crippen LogP contribution in [0.2, 0.25) is 0 Å². The Morgan fingerprint density at radius 2 is 1.80 bits per heavy atom. The Hall–Kier alpha value is -1.30. The molecule has 0 bridgehead atoms. The summed E-state index contributed by atoms with van der Waals surface area (Å²) in [6, 6.07) is -0.170. The fraction of sp³-hybridized carbons (Fsp3) is 0.778. The monoisotopic (exact) mass is 216 g/mol. The van der Waals surface area contributed by atoms with E-state index in [1.165, 1.54) is 4.90 Å². The lowest BCUT2D eigenvalue weighted by Crippen LogP contribution is -2.41. The molecule has 0 saturated heterocycles. The zero-order valence-electron chi connectivity index (χ0n) is 9.54. The number of carbonyl (C=O) groups excluding carboxylic acids is 2. The molecule has 6 nitrogen and oxygen atoms in total. The first-order valence-corrected chi connectivity index (χ1v) is 4.92. The van der Waals surface area contributed by atoms with Crippen molar-refractivity contribution >= 4 is 11.9 Å². The van der Waals surface area contributed by atoms with E-state index in [1.807, 2.05) is 0 Å². The van der Waals surface area contributed by atoms with E-state index in [0.717, 1.165) is 0 Å². The van der Waals surface area contributed by atoms with Crippen molar-refractivity contribution in [2.24, 2.45) is 11.7 Å². The van der Waals surface area contributed by atoms with Crippen molar-refractivity contribution in [2.75, 3.05) is 33.7 Å². The van der Waals surface area contributed by atoms with Crippen molar-refractivity contribution in [1.82, 2.24) is 15.5 Å². The van der Waals surface area contributed by atoms with Crippen LogP contribution in [0.1, 0.15) is 6.92 Å². The standard InChI is InChI=1S/C9H20N4O2/c1-7(6-10)8(14)11-4-5-12-9(15)13(2)3/h7H,4-6,10H2,1-3H3,(H,11,14)(H,12,15). The number of rotatable bonds is 5. The summed E-state index contributed by atoms with van der Waals surface area (Å²) in [5.74, 6) is -0.272. The number of nitrogens with two attached hydrogens (primary N) is 1. The van der Waals surface area contributed by atoms with Crippen molar-refractivity contribution < 1.29 is 9.59 Å². The molecule has 0 aliphatic rings. The van der Waals surface area contributed by atoms with Crippen molar-refractivity contribution in [3.05, 3.63) is 0 Å². The number of nitrogens with zero attached hydrogens (tertiary/aromatic N) is 1. The molecule has 0 saturated carbocycles. The second kappa shape index (κ2) is 7.05. The smallest absolute Gasteiger partial charge is 0.316 e. The fourth-order valence-corrected chi connectivity index (χ4v) is 0.795. The molecule has 0 aromatic carbocycles. The molecule has 1 unspecified atom stereocenters. The van der Waals surface area contributed by atoms with Crippen molar-refractivity contribution in [3.8, 4) is 0 Å². The van der Waals surface area contributed by atoms with Crippen LogP contribution in [0.4, 0.5) is 4.79 Å². The molecule has 88 valence electrons. The van der Waals surface area contributed by atoms with Gasteiger partial charge < -0.3 is 21.3 Å². The topological polar surface area (TPSA) is 87.5 Å². The first-order chi connectivity index (χ1) is 6.99. The van der Waals surface area contributed by atoms with Gasteiger partial charge in [0.2, 0.25) is 5.91 Å². The highest BCUT2D eigenvalue weighted by Crippen LogP contribution is 1.88. The molecule has 0 radical (unpaired) electrons. The Bertz CT molecular complexity index is 218. The highest BCUT2D eigenvalue weighted by molar-refractivity contribution is 5.78. The van der Waals surface area contributed by atoms with Crippen LogP contribution in [0.3, 0.4) is 0 Å². The molecule has 6 heteroatoms. The molecule has 15 heavy (non-hydrogen) atoms. The van der Waals surface area contributed by atoms with Gasteiger partial charge in [-0.1, -0.05) is 6.92 Å². The molecule has 0 aliphatic heterocycles. The Morgan fingerprint density at radius 3 is 2.27 bits per heavy atom. The molecule has 3 amide bonds. The van der Waals surface area contributed by atoms with Crippen LogP contribution in [-0.4, -0.2) is 50.6 Å². The SMILES string of the molecule is CC(CN)C(=O)NCCNC(=O)N(C)C. The van der Waals surface area contributed by atoms with E-state index in [4.69, 9.17) is 5.73 Å². The molecule has 0 aromatic rings. The average Bonchev–Trinajstić information content (AvgIpc) is 2.22. The average molecular weight is 216 g/mol. The summed E-state index contributed by atoms with van der Waals surface area (Å²) in [4.78, 5) is 23.7. The van der Waals surface area contributed by atoms with E-state index in [-0.39, 0.29) is 17.9 Å². The maximum Gasteiger partial charge on any atom is 0.316 e. The van der Waals surface area contributed by atoms with Gasteiger partial charge in [0.05, 0.1) is 0 Å². The minimum absolute atomic E-state index is 0.0865. The molecule has 4 N–H and O–H groups in total. The van der Waals surface area contributed by atoms with E-state index < -0.39 is 0 Å². The van der Waals surface area contributed by atoms with Crippen molar-refractivity contribution in [3.63, 3.8) is 0 Å². The van der Waals surface area contributed by atoms with Crippen LogP contribution in [-0.2, 0) is 4.79 Å². The molecule has 1 atom stereocenters. The summed E-state index contributed by atoms with van der Waals surface area (Å²) in [6.07, 6.45) is 0. The summed E-state index contributed by atoms with van der Waals surface area (Å²) in [5, 5.41) is 5.31. The number of urea groups is 1. The third kappa shape index (κ3) is 5.90. The first kappa shape index (κ1) is 13.7. The Morgan fingerprint density at radius 1 is 1.27 bits per heavy atom. The predicted octanol–water partition coefficient (Wildman–Crippen LogP) is -1.03. The lowest BCUT2D eigenvalue weighted by atomic mass is 10.2. The first-order valence-electron chi connectivity index (χ1n) is 4.92. The van der Waals surface area contributed by atoms with Gasteiger partial charge in [-0.2, -0.15) is 0 Å². The van der Waals surface area contributed by atoms with Gasteiger partial charge in [0.1, 0.15) is 0 Å². The van der Waals surface area contributed by atoms with Gasteiger partial charge in [-0.15, -0.1) is 0 Å². The van der Waals surface area contributed by atoms with Crippen LogP contribution in [0.25, 0.3) is 0 Å². The Labute approximate surface area is 90.2 Å². The lowest BCUT2D eigenvalue weighted by molar-refractivity contribution is -0.124. The molecule has 0 fully saturated rings. The second-order valence-electron chi connectivity index (χ2n) is 3.55. The summed E-state index contributed by atoms with van der Waals surface area (Å²) in [6.45, 7) is 2.92. The van der Waals surface area contributed by atoms with E-state index in [1.54, 1.807) is 21.0 Å². The molecule has 0 heterocycles. The highest BCUT2D eigenvalue weighted by Gasteiger charge is 2.09. The van der Waals surface area contributed by atoms with Crippen LogP contribution >= 0.6 is 0 Å².